The molecule has 0 saturated carbocycles. The quantitative estimate of drug-likeness (QED) is 0.404. The number of rotatable bonds is 7. The third kappa shape index (κ3) is 3.92. The molecule has 3 rings (SSSR count). The van der Waals surface area contributed by atoms with Crippen LogP contribution < -0.4 is 0 Å². The van der Waals surface area contributed by atoms with Crippen LogP contribution in [0.4, 0.5) is 0 Å². The van der Waals surface area contributed by atoms with E-state index in [1.54, 1.807) is 42.2 Å². The van der Waals surface area contributed by atoms with Crippen LogP contribution in [0.3, 0.4) is 0 Å². The minimum Gasteiger partial charge on any atom is -0.417 e. The second kappa shape index (κ2) is 8.32. The molecule has 8 heteroatoms. The van der Waals surface area contributed by atoms with Gasteiger partial charge in [0.15, 0.2) is 22.9 Å². The van der Waals surface area contributed by atoms with Crippen LogP contribution in [0.2, 0.25) is 18.1 Å². The third-order valence-corrected chi connectivity index (χ3v) is 15.0. The Kier molecular flexibility index (Phi) is 6.59. The van der Waals surface area contributed by atoms with Crippen LogP contribution in [0.5, 0.6) is 0 Å². The summed E-state index contributed by atoms with van der Waals surface area (Å²) in [7, 11) is -6.12. The zero-order valence-electron chi connectivity index (χ0n) is 21.3. The maximum Gasteiger partial charge on any atom is 0.251 e. The standard InChI is InChI=1S/C25H39NO5SSi/c1-18(2)25(32(28,29)19-13-11-10-12-14-19)20(15-16-31-33(8,9)23(3,4)5)21-17-30-24(6,7)26(21)22(25)27/h10-14,20-21H,1,15-17H2,2-9H3/t20-,21-,25+/m1/s1. The Labute approximate surface area is 200 Å². The maximum atomic E-state index is 14.2. The molecule has 2 aliphatic rings. The summed E-state index contributed by atoms with van der Waals surface area (Å²) in [6.07, 6.45) is 0.428. The van der Waals surface area contributed by atoms with Crippen molar-refractivity contribution < 1.29 is 22.4 Å². The van der Waals surface area contributed by atoms with Crippen LogP contribution in [0.15, 0.2) is 47.4 Å². The Morgan fingerprint density at radius 3 is 2.33 bits per heavy atom. The summed E-state index contributed by atoms with van der Waals surface area (Å²) >= 11 is 0. The highest BCUT2D eigenvalue weighted by Gasteiger charge is 2.70. The van der Waals surface area contributed by atoms with Crippen molar-refractivity contribution in [3.05, 3.63) is 42.5 Å². The Hall–Kier alpha value is -1.48. The number of carbonyl (C=O) groups is 1. The van der Waals surface area contributed by atoms with Gasteiger partial charge in [-0.1, -0.05) is 45.5 Å². The second-order valence-electron chi connectivity index (χ2n) is 11.3. The van der Waals surface area contributed by atoms with Crippen molar-refractivity contribution in [1.29, 1.82) is 0 Å². The number of hydrogen-bond donors (Lipinski definition) is 0. The minimum absolute atomic E-state index is 0.0323. The van der Waals surface area contributed by atoms with E-state index in [4.69, 9.17) is 9.16 Å². The van der Waals surface area contributed by atoms with E-state index in [1.165, 1.54) is 0 Å². The molecule has 6 nitrogen and oxygen atoms in total. The zero-order chi connectivity index (χ0) is 25.0. The minimum atomic E-state index is -4.07. The van der Waals surface area contributed by atoms with Gasteiger partial charge < -0.3 is 14.1 Å². The first kappa shape index (κ1) is 26.1. The summed E-state index contributed by atoms with van der Waals surface area (Å²) in [4.78, 5) is 15.9. The molecular weight excluding hydrogens is 454 g/mol. The third-order valence-electron chi connectivity index (χ3n) is 7.85. The number of hydrogen-bond acceptors (Lipinski definition) is 5. The molecule has 3 atom stereocenters. The Morgan fingerprint density at radius 2 is 1.82 bits per heavy atom. The molecule has 0 aromatic heterocycles. The Balaban J connectivity index is 2.11. The summed E-state index contributed by atoms with van der Waals surface area (Å²) in [6, 6.07) is 7.89. The molecule has 0 unspecified atom stereocenters. The van der Waals surface area contributed by atoms with Gasteiger partial charge >= 0.3 is 0 Å². The highest BCUT2D eigenvalue weighted by Crippen LogP contribution is 2.53. The molecule has 2 fully saturated rings. The number of ether oxygens (including phenoxy) is 1. The predicted octanol–water partition coefficient (Wildman–Crippen LogP) is 4.78. The van der Waals surface area contributed by atoms with Crippen molar-refractivity contribution in [2.45, 2.75) is 87.5 Å². The van der Waals surface area contributed by atoms with Crippen molar-refractivity contribution in [2.24, 2.45) is 5.92 Å². The van der Waals surface area contributed by atoms with Crippen molar-refractivity contribution in [3.63, 3.8) is 0 Å². The van der Waals surface area contributed by atoms with Crippen LogP contribution >= 0.6 is 0 Å². The first-order valence-electron chi connectivity index (χ1n) is 11.6. The van der Waals surface area contributed by atoms with Crippen molar-refractivity contribution in [2.75, 3.05) is 13.2 Å². The number of fused-ring (bicyclic) bond motifs is 1. The Morgan fingerprint density at radius 1 is 1.24 bits per heavy atom. The zero-order valence-corrected chi connectivity index (χ0v) is 23.1. The number of benzene rings is 1. The van der Waals surface area contributed by atoms with Crippen molar-refractivity contribution in [1.82, 2.24) is 4.90 Å². The van der Waals surface area contributed by atoms with Gasteiger partial charge in [-0.25, -0.2) is 8.42 Å². The molecule has 0 radical (unpaired) electrons. The summed E-state index contributed by atoms with van der Waals surface area (Å²) < 4.78 is 39.0. The van der Waals surface area contributed by atoms with Crippen LogP contribution in [0.1, 0.15) is 48.0 Å². The fourth-order valence-electron chi connectivity index (χ4n) is 5.01. The average molecular weight is 494 g/mol. The highest BCUT2D eigenvalue weighted by atomic mass is 32.2. The molecule has 33 heavy (non-hydrogen) atoms. The van der Waals surface area contributed by atoms with Gasteiger partial charge in [-0.2, -0.15) is 0 Å². The van der Waals surface area contributed by atoms with E-state index in [-0.39, 0.29) is 16.0 Å². The van der Waals surface area contributed by atoms with E-state index in [2.05, 4.69) is 40.4 Å². The first-order valence-corrected chi connectivity index (χ1v) is 16.0. The summed E-state index contributed by atoms with van der Waals surface area (Å²) in [6.45, 7) is 20.9. The molecule has 2 aliphatic heterocycles. The van der Waals surface area contributed by atoms with Gasteiger partial charge in [0.05, 0.1) is 17.5 Å². The van der Waals surface area contributed by atoms with Crippen LogP contribution in [0.25, 0.3) is 0 Å². The smallest absolute Gasteiger partial charge is 0.251 e. The summed E-state index contributed by atoms with van der Waals surface area (Å²) in [5.41, 5.74) is -0.539. The molecule has 1 aromatic carbocycles. The molecule has 0 spiro atoms. The molecule has 0 N–H and O–H groups in total. The predicted molar refractivity (Wildman–Crippen MR) is 133 cm³/mol. The molecule has 2 heterocycles. The van der Waals surface area contributed by atoms with Crippen LogP contribution in [-0.2, 0) is 23.8 Å². The monoisotopic (exact) mass is 493 g/mol. The normalized spacial score (nSPS) is 27.6. The second-order valence-corrected chi connectivity index (χ2v) is 18.3. The fraction of sp³-hybridized carbons (Fsp3) is 0.640. The molecule has 184 valence electrons. The lowest BCUT2D eigenvalue weighted by Crippen LogP contribution is -2.54. The molecular formula is C25H39NO5SSi. The van der Waals surface area contributed by atoms with Crippen molar-refractivity contribution in [3.8, 4) is 0 Å². The fourth-order valence-corrected chi connectivity index (χ4v) is 8.42. The average Bonchev–Trinajstić information content (AvgIpc) is 3.14. The van der Waals surface area contributed by atoms with Gasteiger partial charge in [0, 0.05) is 12.5 Å². The van der Waals surface area contributed by atoms with Gasteiger partial charge in [-0.15, -0.1) is 0 Å². The largest absolute Gasteiger partial charge is 0.417 e. The lowest BCUT2D eigenvalue weighted by molar-refractivity contribution is -0.143. The van der Waals surface area contributed by atoms with E-state index in [0.29, 0.717) is 25.2 Å². The SMILES string of the molecule is C=C(C)[C@@]1(S(=O)(=O)c2ccccc2)C(=O)N2[C@H](COC2(C)C)[C@H]1CCO[Si](C)(C)C(C)(C)C. The number of carbonyl (C=O) groups excluding carboxylic acids is 1. The summed E-state index contributed by atoms with van der Waals surface area (Å²) in [5, 5.41) is 0.0323. The summed E-state index contributed by atoms with van der Waals surface area (Å²) in [5.74, 6) is -0.970. The number of amides is 1. The van der Waals surface area contributed by atoms with Gasteiger partial charge in [-0.05, 0) is 63.0 Å². The lowest BCUT2D eigenvalue weighted by Gasteiger charge is -2.38. The van der Waals surface area contributed by atoms with E-state index >= 15 is 0 Å². The van der Waals surface area contributed by atoms with E-state index in [1.807, 2.05) is 13.8 Å². The number of sulfone groups is 1. The highest BCUT2D eigenvalue weighted by molar-refractivity contribution is 7.94. The molecule has 0 aliphatic carbocycles. The molecule has 2 saturated heterocycles. The van der Waals surface area contributed by atoms with Crippen molar-refractivity contribution >= 4 is 24.1 Å². The van der Waals surface area contributed by atoms with E-state index < -0.39 is 40.5 Å². The lowest BCUT2D eigenvalue weighted by atomic mass is 9.83. The van der Waals surface area contributed by atoms with E-state index in [9.17, 15) is 13.2 Å². The number of nitrogens with zero attached hydrogens (tertiary/aromatic N) is 1. The van der Waals surface area contributed by atoms with Gasteiger partial charge in [0.1, 0.15) is 5.72 Å². The van der Waals surface area contributed by atoms with Gasteiger partial charge in [0.25, 0.3) is 5.91 Å². The molecule has 1 amide bonds. The topological polar surface area (TPSA) is 72.9 Å². The van der Waals surface area contributed by atoms with Gasteiger partial charge in [-0.3, -0.25) is 4.79 Å². The van der Waals surface area contributed by atoms with Crippen LogP contribution in [0, 0.1) is 5.92 Å². The molecule has 0 bridgehead atoms. The van der Waals surface area contributed by atoms with E-state index in [0.717, 1.165) is 0 Å². The molecule has 1 aromatic rings. The first-order chi connectivity index (χ1) is 15.0. The maximum absolute atomic E-state index is 14.2. The van der Waals surface area contributed by atoms with Crippen LogP contribution in [-0.4, -0.2) is 57.3 Å². The van der Waals surface area contributed by atoms with Gasteiger partial charge in [0.2, 0.25) is 0 Å². The Bertz CT molecular complexity index is 1030.